The molecule has 0 saturated heterocycles. The lowest BCUT2D eigenvalue weighted by Gasteiger charge is -2.02. The lowest BCUT2D eigenvalue weighted by atomic mass is 10.0. The molecule has 0 spiro atoms. The van der Waals surface area contributed by atoms with E-state index < -0.39 is 12.2 Å². The van der Waals surface area contributed by atoms with E-state index in [1.54, 1.807) is 11.8 Å². The molecule has 0 fully saturated rings. The van der Waals surface area contributed by atoms with Crippen molar-refractivity contribution in [3.8, 4) is 0 Å². The Morgan fingerprint density at radius 1 is 0.750 bits per heavy atom. The van der Waals surface area contributed by atoms with Crippen LogP contribution in [0.25, 0.3) is 0 Å². The van der Waals surface area contributed by atoms with Gasteiger partial charge in [0, 0.05) is 5.75 Å². The summed E-state index contributed by atoms with van der Waals surface area (Å²) in [5, 5.41) is 0. The van der Waals surface area contributed by atoms with Gasteiger partial charge in [0.25, 0.3) is 12.2 Å². The SMILES string of the molecule is C=C(CCC(C)=C(F)F)CSC.C=C(CCC)CCC(C)=C(F)F. The normalized spacial score (nSPS) is 9.67. The van der Waals surface area contributed by atoms with Gasteiger partial charge in [0.1, 0.15) is 0 Å². The van der Waals surface area contributed by atoms with Crippen LogP contribution in [0.3, 0.4) is 0 Å². The van der Waals surface area contributed by atoms with E-state index in [1.807, 2.05) is 6.26 Å². The summed E-state index contributed by atoms with van der Waals surface area (Å²) < 4.78 is 47.6. The van der Waals surface area contributed by atoms with Crippen LogP contribution in [0.2, 0.25) is 0 Å². The molecule has 0 amide bonds. The van der Waals surface area contributed by atoms with Crippen molar-refractivity contribution in [3.63, 3.8) is 0 Å². The smallest absolute Gasteiger partial charge is 0.173 e. The first-order valence-corrected chi connectivity index (χ1v) is 9.38. The average molecular weight is 367 g/mol. The van der Waals surface area contributed by atoms with Crippen LogP contribution in [-0.2, 0) is 0 Å². The van der Waals surface area contributed by atoms with E-state index in [2.05, 4.69) is 20.1 Å². The molecule has 0 saturated carbocycles. The largest absolute Gasteiger partial charge is 0.269 e. The highest BCUT2D eigenvalue weighted by atomic mass is 32.2. The third-order valence-electron chi connectivity index (χ3n) is 3.30. The van der Waals surface area contributed by atoms with Crippen molar-refractivity contribution in [3.05, 3.63) is 47.6 Å². The van der Waals surface area contributed by atoms with Crippen molar-refractivity contribution in [2.45, 2.75) is 59.3 Å². The van der Waals surface area contributed by atoms with Crippen LogP contribution in [0, 0.1) is 0 Å². The van der Waals surface area contributed by atoms with E-state index in [0.717, 1.165) is 29.7 Å². The van der Waals surface area contributed by atoms with Crippen LogP contribution in [-0.4, -0.2) is 12.0 Å². The first kappa shape index (κ1) is 25.3. The molecule has 0 rings (SSSR count). The third-order valence-corrected chi connectivity index (χ3v) is 4.00. The van der Waals surface area contributed by atoms with Crippen LogP contribution in [0.5, 0.6) is 0 Å². The fraction of sp³-hybridized carbons (Fsp3) is 0.579. The monoisotopic (exact) mass is 366 g/mol. The predicted molar refractivity (Wildman–Crippen MR) is 99.9 cm³/mol. The second kappa shape index (κ2) is 15.6. The summed E-state index contributed by atoms with van der Waals surface area (Å²) in [5.74, 6) is 0.862. The number of rotatable bonds is 10. The predicted octanol–water partition coefficient (Wildman–Crippen LogP) is 8.15. The molecule has 140 valence electrons. The molecule has 0 heterocycles. The van der Waals surface area contributed by atoms with Gasteiger partial charge in [-0.2, -0.15) is 29.3 Å². The number of hydrogen-bond donors (Lipinski definition) is 0. The summed E-state index contributed by atoms with van der Waals surface area (Å²) in [6.07, 6.45) is 3.11. The first-order valence-electron chi connectivity index (χ1n) is 7.99. The zero-order valence-corrected chi connectivity index (χ0v) is 16.1. The molecule has 0 aliphatic heterocycles. The highest BCUT2D eigenvalue weighted by Gasteiger charge is 2.01. The Kier molecular flexibility index (Phi) is 16.4. The Morgan fingerprint density at radius 2 is 1.17 bits per heavy atom. The lowest BCUT2D eigenvalue weighted by molar-refractivity contribution is 0.407. The summed E-state index contributed by atoms with van der Waals surface area (Å²) >= 11 is 1.67. The molecular formula is C19H30F4S. The minimum atomic E-state index is -1.55. The van der Waals surface area contributed by atoms with Crippen molar-refractivity contribution in [1.82, 2.24) is 0 Å². The van der Waals surface area contributed by atoms with E-state index in [0.29, 0.717) is 25.7 Å². The summed E-state index contributed by atoms with van der Waals surface area (Å²) in [5.41, 5.74) is 2.46. The topological polar surface area (TPSA) is 0 Å². The van der Waals surface area contributed by atoms with Crippen molar-refractivity contribution < 1.29 is 17.6 Å². The van der Waals surface area contributed by atoms with Gasteiger partial charge in [-0.05, 0) is 63.4 Å². The molecular weight excluding hydrogens is 336 g/mol. The molecule has 0 N–H and O–H groups in total. The lowest BCUT2D eigenvalue weighted by Crippen LogP contribution is -1.87. The second-order valence-corrected chi connectivity index (χ2v) is 6.63. The van der Waals surface area contributed by atoms with Crippen molar-refractivity contribution in [2.75, 3.05) is 12.0 Å². The van der Waals surface area contributed by atoms with Gasteiger partial charge >= 0.3 is 0 Å². The molecule has 0 bridgehead atoms. The van der Waals surface area contributed by atoms with Crippen molar-refractivity contribution in [2.24, 2.45) is 0 Å². The average Bonchev–Trinajstić information content (AvgIpc) is 2.51. The molecule has 0 unspecified atom stereocenters. The third kappa shape index (κ3) is 15.9. The Balaban J connectivity index is 0. The Bertz CT molecular complexity index is 400. The highest BCUT2D eigenvalue weighted by Crippen LogP contribution is 2.18. The molecule has 0 atom stereocenters. The van der Waals surface area contributed by atoms with E-state index in [-0.39, 0.29) is 11.1 Å². The van der Waals surface area contributed by atoms with Gasteiger partial charge in [0.15, 0.2) is 0 Å². The molecule has 24 heavy (non-hydrogen) atoms. The van der Waals surface area contributed by atoms with Gasteiger partial charge in [-0.3, -0.25) is 0 Å². The molecule has 0 aromatic heterocycles. The summed E-state index contributed by atoms with van der Waals surface area (Å²) in [6, 6.07) is 0. The van der Waals surface area contributed by atoms with Gasteiger partial charge in [-0.25, -0.2) is 0 Å². The van der Waals surface area contributed by atoms with Crippen LogP contribution in [0.4, 0.5) is 17.6 Å². The summed E-state index contributed by atoms with van der Waals surface area (Å²) in [7, 11) is 0. The molecule has 0 aromatic rings. The molecule has 0 aliphatic carbocycles. The van der Waals surface area contributed by atoms with Crippen molar-refractivity contribution in [1.29, 1.82) is 0 Å². The number of thioether (sulfide) groups is 1. The minimum absolute atomic E-state index is 0.178. The van der Waals surface area contributed by atoms with Crippen LogP contribution < -0.4 is 0 Å². The number of halogens is 4. The molecule has 0 aliphatic rings. The zero-order chi connectivity index (χ0) is 19.1. The van der Waals surface area contributed by atoms with Gasteiger partial charge in [0.05, 0.1) is 0 Å². The maximum absolute atomic E-state index is 11.9. The zero-order valence-electron chi connectivity index (χ0n) is 15.3. The fourth-order valence-corrected chi connectivity index (χ4v) is 2.22. The van der Waals surface area contributed by atoms with Gasteiger partial charge in [-0.1, -0.05) is 37.6 Å². The second-order valence-electron chi connectivity index (χ2n) is 5.76. The number of hydrogen-bond acceptors (Lipinski definition) is 1. The quantitative estimate of drug-likeness (QED) is 0.278. The summed E-state index contributed by atoms with van der Waals surface area (Å²) in [4.78, 5) is 0. The number of allylic oxidation sites excluding steroid dienone is 3. The van der Waals surface area contributed by atoms with Gasteiger partial charge in [0.2, 0.25) is 0 Å². The Labute approximate surface area is 148 Å². The van der Waals surface area contributed by atoms with E-state index >= 15 is 0 Å². The molecule has 0 radical (unpaired) electrons. The standard InChI is InChI=1S/C10H16F2.C9H14F2S/c1-4-5-8(2)6-7-9(3)10(11)12;1-7(6-12-3)4-5-8(2)9(10)11/h2,4-7H2,1,3H3;1,4-6H2,2-3H3. The van der Waals surface area contributed by atoms with Crippen LogP contribution >= 0.6 is 11.8 Å². The summed E-state index contributed by atoms with van der Waals surface area (Å²) in [6.45, 7) is 12.6. The highest BCUT2D eigenvalue weighted by molar-refractivity contribution is 7.98. The Hall–Kier alpha value is -0.970. The van der Waals surface area contributed by atoms with Gasteiger partial charge < -0.3 is 0 Å². The van der Waals surface area contributed by atoms with E-state index in [1.165, 1.54) is 13.8 Å². The molecule has 0 nitrogen and oxygen atoms in total. The fourth-order valence-electron chi connectivity index (χ4n) is 1.67. The van der Waals surface area contributed by atoms with E-state index in [9.17, 15) is 17.6 Å². The van der Waals surface area contributed by atoms with Crippen molar-refractivity contribution >= 4 is 11.8 Å². The van der Waals surface area contributed by atoms with Crippen LogP contribution in [0.15, 0.2) is 47.6 Å². The Morgan fingerprint density at radius 3 is 1.50 bits per heavy atom. The first-order chi connectivity index (χ1) is 11.1. The molecule has 5 heteroatoms. The minimum Gasteiger partial charge on any atom is -0.173 e. The van der Waals surface area contributed by atoms with Gasteiger partial charge in [-0.15, -0.1) is 0 Å². The van der Waals surface area contributed by atoms with Crippen LogP contribution in [0.1, 0.15) is 59.3 Å². The maximum Gasteiger partial charge on any atom is 0.269 e. The molecule has 0 aromatic carbocycles. The van der Waals surface area contributed by atoms with E-state index in [4.69, 9.17) is 0 Å². The maximum atomic E-state index is 11.9.